The van der Waals surface area contributed by atoms with E-state index < -0.39 is 0 Å². The van der Waals surface area contributed by atoms with Crippen LogP contribution in [0.4, 0.5) is 4.39 Å². The highest BCUT2D eigenvalue weighted by molar-refractivity contribution is 9.10. The molecule has 116 valence electrons. The summed E-state index contributed by atoms with van der Waals surface area (Å²) in [6.45, 7) is 0.748. The summed E-state index contributed by atoms with van der Waals surface area (Å²) in [5, 5.41) is 2.83. The summed E-state index contributed by atoms with van der Waals surface area (Å²) in [6, 6.07) is 10.4. The molecule has 1 aromatic carbocycles. The number of hydrogen-bond donors (Lipinski definition) is 1. The second-order valence-electron chi connectivity index (χ2n) is 4.84. The smallest absolute Gasteiger partial charge is 0.237 e. The molecule has 0 aliphatic carbocycles. The van der Waals surface area contributed by atoms with Crippen molar-refractivity contribution in [3.05, 3.63) is 64.1 Å². The fourth-order valence-corrected chi connectivity index (χ4v) is 2.37. The van der Waals surface area contributed by atoms with Crippen LogP contribution in [0.2, 0.25) is 0 Å². The van der Waals surface area contributed by atoms with Crippen molar-refractivity contribution in [3.63, 3.8) is 0 Å². The normalized spacial score (nSPS) is 10.5. The van der Waals surface area contributed by atoms with Gasteiger partial charge in [0, 0.05) is 22.8 Å². The largest absolute Gasteiger partial charge is 0.331 e. The zero-order chi connectivity index (χ0) is 15.9. The Kier molecular flexibility index (Phi) is 6.03. The first-order valence-electron chi connectivity index (χ1n) is 6.86. The Hall–Kier alpha value is -1.79. The Morgan fingerprint density at radius 1 is 1.32 bits per heavy atom. The maximum absolute atomic E-state index is 14.0. The lowest BCUT2D eigenvalue weighted by Crippen LogP contribution is -2.36. The van der Waals surface area contributed by atoms with Gasteiger partial charge in [-0.15, -0.1) is 0 Å². The molecule has 0 aliphatic heterocycles. The Morgan fingerprint density at radius 2 is 2.14 bits per heavy atom. The predicted molar refractivity (Wildman–Crippen MR) is 86.5 cm³/mol. The first-order chi connectivity index (χ1) is 10.6. The number of carbonyl (C=O) groups is 1. The first-order valence-corrected chi connectivity index (χ1v) is 7.65. The van der Waals surface area contributed by atoms with E-state index in [1.165, 1.54) is 6.07 Å². The third-order valence-electron chi connectivity index (χ3n) is 3.14. The number of nitrogens with zero attached hydrogens (tertiary/aromatic N) is 2. The van der Waals surface area contributed by atoms with Crippen LogP contribution < -0.4 is 5.32 Å². The van der Waals surface area contributed by atoms with Gasteiger partial charge >= 0.3 is 0 Å². The molecule has 2 aromatic rings. The van der Waals surface area contributed by atoms with Crippen molar-refractivity contribution in [2.24, 2.45) is 0 Å². The summed E-state index contributed by atoms with van der Waals surface area (Å²) in [5.74, 6) is -0.437. The van der Waals surface area contributed by atoms with Crippen molar-refractivity contribution in [3.8, 4) is 0 Å². The van der Waals surface area contributed by atoms with Gasteiger partial charge in [0.05, 0.1) is 18.8 Å². The van der Waals surface area contributed by atoms with Crippen LogP contribution in [0.3, 0.4) is 0 Å². The van der Waals surface area contributed by atoms with Gasteiger partial charge in [-0.2, -0.15) is 0 Å². The fraction of sp³-hybridized carbons (Fsp3) is 0.250. The number of carbonyl (C=O) groups excluding carboxylic acids is 1. The zero-order valence-corrected chi connectivity index (χ0v) is 13.8. The fourth-order valence-electron chi connectivity index (χ4n) is 2.04. The van der Waals surface area contributed by atoms with Crippen molar-refractivity contribution in [1.29, 1.82) is 0 Å². The third-order valence-corrected chi connectivity index (χ3v) is 3.63. The summed E-state index contributed by atoms with van der Waals surface area (Å²) in [5.41, 5.74) is 1.24. The molecule has 0 fully saturated rings. The highest BCUT2D eigenvalue weighted by atomic mass is 79.9. The van der Waals surface area contributed by atoms with Crippen LogP contribution >= 0.6 is 15.9 Å². The van der Waals surface area contributed by atoms with E-state index in [1.807, 2.05) is 18.2 Å². The standard InChI is InChI=1S/C16H17BrFN3O/c1-19-9-16(22)21(11-14-4-2-3-7-20-14)10-12-5-6-13(17)8-15(12)18/h2-8,19H,9-11H2,1H3. The van der Waals surface area contributed by atoms with Gasteiger partial charge in [-0.25, -0.2) is 4.39 Å². The number of rotatable bonds is 6. The lowest BCUT2D eigenvalue weighted by molar-refractivity contribution is -0.131. The summed E-state index contributed by atoms with van der Waals surface area (Å²) >= 11 is 3.23. The van der Waals surface area contributed by atoms with E-state index in [2.05, 4.69) is 26.2 Å². The van der Waals surface area contributed by atoms with E-state index in [4.69, 9.17) is 0 Å². The summed E-state index contributed by atoms with van der Waals surface area (Å²) in [4.78, 5) is 18.0. The molecular formula is C16H17BrFN3O. The maximum Gasteiger partial charge on any atom is 0.237 e. The minimum atomic E-state index is -0.336. The molecule has 0 saturated heterocycles. The van der Waals surface area contributed by atoms with Crippen molar-refractivity contribution in [1.82, 2.24) is 15.2 Å². The van der Waals surface area contributed by atoms with Crippen LogP contribution in [0, 0.1) is 5.82 Å². The average Bonchev–Trinajstić information content (AvgIpc) is 2.50. The minimum absolute atomic E-state index is 0.101. The number of pyridine rings is 1. The lowest BCUT2D eigenvalue weighted by Gasteiger charge is -2.23. The number of halogens is 2. The van der Waals surface area contributed by atoms with E-state index in [1.54, 1.807) is 30.3 Å². The Bertz CT molecular complexity index is 637. The van der Waals surface area contributed by atoms with E-state index >= 15 is 0 Å². The van der Waals surface area contributed by atoms with Gasteiger partial charge in [-0.1, -0.05) is 28.1 Å². The van der Waals surface area contributed by atoms with E-state index in [-0.39, 0.29) is 24.8 Å². The van der Waals surface area contributed by atoms with Crippen molar-refractivity contribution in [2.75, 3.05) is 13.6 Å². The van der Waals surface area contributed by atoms with Gasteiger partial charge in [0.25, 0.3) is 0 Å². The number of nitrogens with one attached hydrogen (secondary N) is 1. The van der Waals surface area contributed by atoms with Gasteiger partial charge in [0.2, 0.25) is 5.91 Å². The molecule has 0 spiro atoms. The van der Waals surface area contributed by atoms with Gasteiger partial charge in [0.15, 0.2) is 0 Å². The van der Waals surface area contributed by atoms with Crippen LogP contribution in [0.15, 0.2) is 47.1 Å². The third kappa shape index (κ3) is 4.61. The van der Waals surface area contributed by atoms with E-state index in [0.717, 1.165) is 5.69 Å². The lowest BCUT2D eigenvalue weighted by atomic mass is 10.2. The van der Waals surface area contributed by atoms with Crippen molar-refractivity contribution in [2.45, 2.75) is 13.1 Å². The molecule has 4 nitrogen and oxygen atoms in total. The molecule has 22 heavy (non-hydrogen) atoms. The molecular weight excluding hydrogens is 349 g/mol. The Labute approximate surface area is 137 Å². The molecule has 1 heterocycles. The van der Waals surface area contributed by atoms with Crippen LogP contribution in [-0.2, 0) is 17.9 Å². The number of hydrogen-bond acceptors (Lipinski definition) is 3. The van der Waals surface area contributed by atoms with Gasteiger partial charge in [-0.3, -0.25) is 9.78 Å². The predicted octanol–water partition coefficient (Wildman–Crippen LogP) is 2.73. The minimum Gasteiger partial charge on any atom is -0.331 e. The zero-order valence-electron chi connectivity index (χ0n) is 12.2. The van der Waals surface area contributed by atoms with Crippen molar-refractivity contribution >= 4 is 21.8 Å². The van der Waals surface area contributed by atoms with Crippen LogP contribution in [-0.4, -0.2) is 29.4 Å². The Balaban J connectivity index is 2.18. The summed E-state index contributed by atoms with van der Waals surface area (Å²) < 4.78 is 14.7. The highest BCUT2D eigenvalue weighted by Gasteiger charge is 2.16. The maximum atomic E-state index is 14.0. The molecule has 1 aromatic heterocycles. The Morgan fingerprint density at radius 3 is 2.77 bits per heavy atom. The molecule has 6 heteroatoms. The molecule has 0 aliphatic rings. The second-order valence-corrected chi connectivity index (χ2v) is 5.75. The molecule has 0 atom stereocenters. The van der Waals surface area contributed by atoms with Gasteiger partial charge < -0.3 is 10.2 Å². The van der Waals surface area contributed by atoms with Gasteiger partial charge in [-0.05, 0) is 31.3 Å². The van der Waals surface area contributed by atoms with E-state index in [0.29, 0.717) is 16.6 Å². The number of aromatic nitrogens is 1. The van der Waals surface area contributed by atoms with Crippen LogP contribution in [0.25, 0.3) is 0 Å². The average molecular weight is 366 g/mol. The molecule has 1 N–H and O–H groups in total. The molecule has 0 saturated carbocycles. The number of benzene rings is 1. The quantitative estimate of drug-likeness (QED) is 0.855. The second kappa shape index (κ2) is 8.00. The van der Waals surface area contributed by atoms with E-state index in [9.17, 15) is 9.18 Å². The van der Waals surface area contributed by atoms with Crippen LogP contribution in [0.1, 0.15) is 11.3 Å². The molecule has 1 amide bonds. The summed E-state index contributed by atoms with van der Waals surface area (Å²) in [7, 11) is 1.71. The molecule has 0 unspecified atom stereocenters. The molecule has 0 radical (unpaired) electrons. The van der Waals surface area contributed by atoms with Crippen molar-refractivity contribution < 1.29 is 9.18 Å². The monoisotopic (exact) mass is 365 g/mol. The summed E-state index contributed by atoms with van der Waals surface area (Å²) in [6.07, 6.45) is 1.68. The SMILES string of the molecule is CNCC(=O)N(Cc1ccccn1)Cc1ccc(Br)cc1F. The van der Waals surface area contributed by atoms with Gasteiger partial charge in [0.1, 0.15) is 5.82 Å². The first kappa shape index (κ1) is 16.6. The van der Waals surface area contributed by atoms with Crippen LogP contribution in [0.5, 0.6) is 0 Å². The highest BCUT2D eigenvalue weighted by Crippen LogP contribution is 2.17. The number of likely N-dealkylation sites (N-methyl/N-ethyl adjacent to an activating group) is 1. The topological polar surface area (TPSA) is 45.2 Å². The molecule has 0 bridgehead atoms. The molecule has 2 rings (SSSR count). The number of amides is 1.